The molecule has 7 nitrogen and oxygen atoms in total. The molecule has 0 fully saturated rings. The average molecular weight is 419 g/mol. The summed E-state index contributed by atoms with van der Waals surface area (Å²) < 4.78 is 35.6. The second-order valence-corrected chi connectivity index (χ2v) is 8.39. The number of ether oxygens (including phenoxy) is 2. The largest absolute Gasteiger partial charge is 0.493 e. The van der Waals surface area contributed by atoms with Gasteiger partial charge in [0.25, 0.3) is 5.91 Å². The van der Waals surface area contributed by atoms with Gasteiger partial charge >= 0.3 is 0 Å². The van der Waals surface area contributed by atoms with Gasteiger partial charge in [-0.25, -0.2) is 8.42 Å². The molecule has 2 rings (SSSR count). The first-order valence-electron chi connectivity index (χ1n) is 8.86. The summed E-state index contributed by atoms with van der Waals surface area (Å²) in [5, 5.41) is 0. The number of carbonyl (C=O) groups excluding carboxylic acids is 1. The zero-order valence-corrected chi connectivity index (χ0v) is 17.9. The second kappa shape index (κ2) is 9.47. The summed E-state index contributed by atoms with van der Waals surface area (Å²) in [5.41, 5.74) is 1.83. The van der Waals surface area contributed by atoms with Gasteiger partial charge in [0.2, 0.25) is 10.0 Å². The minimum absolute atomic E-state index is 0.158. The van der Waals surface area contributed by atoms with E-state index >= 15 is 0 Å². The molecule has 0 atom stereocenters. The summed E-state index contributed by atoms with van der Waals surface area (Å²) in [4.78, 5) is 14.3. The van der Waals surface area contributed by atoms with Gasteiger partial charge in [-0.3, -0.25) is 9.10 Å². The smallest absolute Gasteiger partial charge is 0.253 e. The lowest BCUT2D eigenvalue weighted by Gasteiger charge is -2.22. The number of hydrogen-bond acceptors (Lipinski definition) is 5. The van der Waals surface area contributed by atoms with Crippen LogP contribution in [0.1, 0.15) is 15.9 Å². The van der Waals surface area contributed by atoms with E-state index in [0.717, 1.165) is 11.8 Å². The molecule has 0 radical (unpaired) electrons. The van der Waals surface area contributed by atoms with Crippen LogP contribution in [0.4, 0.5) is 5.69 Å². The van der Waals surface area contributed by atoms with Crippen molar-refractivity contribution in [2.75, 3.05) is 38.4 Å². The van der Waals surface area contributed by atoms with E-state index in [2.05, 4.69) is 6.58 Å². The first kappa shape index (κ1) is 22.3. The fraction of sp³-hybridized carbons (Fsp3) is 0.286. The highest BCUT2D eigenvalue weighted by molar-refractivity contribution is 7.92. The maximum atomic E-state index is 12.8. The quantitative estimate of drug-likeness (QED) is 0.585. The van der Waals surface area contributed by atoms with Crippen molar-refractivity contribution in [3.05, 3.63) is 66.2 Å². The molecule has 0 unspecified atom stereocenters. The van der Waals surface area contributed by atoms with Crippen LogP contribution >= 0.6 is 0 Å². The molecule has 0 bridgehead atoms. The van der Waals surface area contributed by atoms with Crippen molar-refractivity contribution in [1.82, 2.24) is 4.90 Å². The zero-order valence-electron chi connectivity index (χ0n) is 17.1. The van der Waals surface area contributed by atoms with Gasteiger partial charge in [-0.1, -0.05) is 12.1 Å². The Morgan fingerprint density at radius 1 is 1.07 bits per heavy atom. The molecule has 8 heteroatoms. The molecule has 2 aromatic carbocycles. The van der Waals surface area contributed by atoms with Gasteiger partial charge < -0.3 is 14.4 Å². The molecule has 0 spiro atoms. The molecule has 0 aliphatic rings. The van der Waals surface area contributed by atoms with Crippen LogP contribution in [0.5, 0.6) is 11.5 Å². The number of benzene rings is 2. The van der Waals surface area contributed by atoms with Crippen LogP contribution in [-0.2, 0) is 16.6 Å². The molecule has 0 aliphatic carbocycles. The Labute approximate surface area is 172 Å². The van der Waals surface area contributed by atoms with Crippen molar-refractivity contribution in [2.24, 2.45) is 0 Å². The maximum Gasteiger partial charge on any atom is 0.253 e. The highest BCUT2D eigenvalue weighted by atomic mass is 32.2. The molecular formula is C21H26N2O5S. The number of methoxy groups -OCH3 is 2. The fourth-order valence-corrected chi connectivity index (χ4v) is 3.75. The average Bonchev–Trinajstić information content (AvgIpc) is 2.70. The van der Waals surface area contributed by atoms with Gasteiger partial charge in [0, 0.05) is 19.2 Å². The number of rotatable bonds is 9. The summed E-state index contributed by atoms with van der Waals surface area (Å²) in [6.45, 7) is 4.13. The Morgan fingerprint density at radius 3 is 2.21 bits per heavy atom. The number of nitrogens with zero attached hydrogens (tertiary/aromatic N) is 2. The fourth-order valence-electron chi connectivity index (χ4n) is 2.86. The van der Waals surface area contributed by atoms with Crippen LogP contribution in [0.2, 0.25) is 0 Å². The molecule has 0 heterocycles. The summed E-state index contributed by atoms with van der Waals surface area (Å²) in [5.74, 6) is 1.04. The maximum absolute atomic E-state index is 12.8. The van der Waals surface area contributed by atoms with Crippen LogP contribution in [0.25, 0.3) is 0 Å². The van der Waals surface area contributed by atoms with Crippen LogP contribution in [0.15, 0.2) is 55.1 Å². The van der Waals surface area contributed by atoms with Crippen LogP contribution in [0.3, 0.4) is 0 Å². The van der Waals surface area contributed by atoms with Crippen molar-refractivity contribution >= 4 is 21.6 Å². The van der Waals surface area contributed by atoms with E-state index in [9.17, 15) is 13.2 Å². The van der Waals surface area contributed by atoms with Crippen molar-refractivity contribution in [3.63, 3.8) is 0 Å². The van der Waals surface area contributed by atoms with E-state index in [0.29, 0.717) is 29.3 Å². The Kier molecular flexibility index (Phi) is 7.28. The van der Waals surface area contributed by atoms with Crippen molar-refractivity contribution in [2.45, 2.75) is 6.54 Å². The Hall–Kier alpha value is -3.00. The monoisotopic (exact) mass is 418 g/mol. The Morgan fingerprint density at radius 2 is 1.69 bits per heavy atom. The predicted molar refractivity (Wildman–Crippen MR) is 114 cm³/mol. The SMILES string of the molecule is C=CCN(c1ccc(C(=O)N(C)Cc2ccc(OC)c(OC)c2)cc1)S(C)(=O)=O. The second-order valence-electron chi connectivity index (χ2n) is 6.48. The predicted octanol–water partition coefficient (Wildman–Crippen LogP) is 2.93. The molecule has 0 saturated carbocycles. The standard InChI is InChI=1S/C21H26N2O5S/c1-6-13-23(29(5,25)26)18-10-8-17(9-11-18)21(24)22(2)15-16-7-12-19(27-3)20(14-16)28-4/h6-12,14H,1,13,15H2,2-5H3. The number of carbonyl (C=O) groups is 1. The number of hydrogen-bond donors (Lipinski definition) is 0. The Bertz CT molecular complexity index is 971. The normalized spacial score (nSPS) is 10.9. The minimum Gasteiger partial charge on any atom is -0.493 e. The van der Waals surface area contributed by atoms with E-state index in [1.807, 2.05) is 12.1 Å². The molecule has 0 aliphatic heterocycles. The first-order valence-corrected chi connectivity index (χ1v) is 10.7. The van der Waals surface area contributed by atoms with E-state index in [1.54, 1.807) is 56.5 Å². The van der Waals surface area contributed by atoms with Gasteiger partial charge in [-0.15, -0.1) is 6.58 Å². The lowest BCUT2D eigenvalue weighted by atomic mass is 10.1. The van der Waals surface area contributed by atoms with E-state index in [4.69, 9.17) is 9.47 Å². The third-order valence-electron chi connectivity index (χ3n) is 4.31. The van der Waals surface area contributed by atoms with E-state index in [-0.39, 0.29) is 12.5 Å². The lowest BCUT2D eigenvalue weighted by Crippen LogP contribution is -2.30. The zero-order chi connectivity index (χ0) is 21.6. The van der Waals surface area contributed by atoms with Crippen LogP contribution in [0, 0.1) is 0 Å². The third kappa shape index (κ3) is 5.51. The van der Waals surface area contributed by atoms with Crippen LogP contribution in [-0.4, -0.2) is 53.3 Å². The molecule has 156 valence electrons. The van der Waals surface area contributed by atoms with Gasteiger partial charge in [-0.2, -0.15) is 0 Å². The molecule has 1 amide bonds. The molecular weight excluding hydrogens is 392 g/mol. The molecule has 0 aromatic heterocycles. The van der Waals surface area contributed by atoms with E-state index < -0.39 is 10.0 Å². The Balaban J connectivity index is 2.16. The number of anilines is 1. The molecule has 0 saturated heterocycles. The highest BCUT2D eigenvalue weighted by Crippen LogP contribution is 2.28. The molecule has 2 aromatic rings. The number of sulfonamides is 1. The van der Waals surface area contributed by atoms with Gasteiger partial charge in [0.05, 0.1) is 32.7 Å². The van der Waals surface area contributed by atoms with E-state index in [1.165, 1.54) is 10.4 Å². The van der Waals surface area contributed by atoms with Gasteiger partial charge in [0.15, 0.2) is 11.5 Å². The molecule has 29 heavy (non-hydrogen) atoms. The van der Waals surface area contributed by atoms with Crippen molar-refractivity contribution < 1.29 is 22.7 Å². The summed E-state index contributed by atoms with van der Waals surface area (Å²) in [7, 11) is 1.39. The lowest BCUT2D eigenvalue weighted by molar-refractivity contribution is 0.0785. The first-order chi connectivity index (χ1) is 13.7. The van der Waals surface area contributed by atoms with Gasteiger partial charge in [0.1, 0.15) is 0 Å². The van der Waals surface area contributed by atoms with Crippen molar-refractivity contribution in [3.8, 4) is 11.5 Å². The summed E-state index contributed by atoms with van der Waals surface area (Å²) in [6.07, 6.45) is 2.64. The van der Waals surface area contributed by atoms with Crippen LogP contribution < -0.4 is 13.8 Å². The van der Waals surface area contributed by atoms with Gasteiger partial charge in [-0.05, 0) is 42.0 Å². The highest BCUT2D eigenvalue weighted by Gasteiger charge is 2.18. The molecule has 0 N–H and O–H groups in total. The number of amides is 1. The summed E-state index contributed by atoms with van der Waals surface area (Å²) in [6, 6.07) is 11.9. The topological polar surface area (TPSA) is 76.2 Å². The van der Waals surface area contributed by atoms with Crippen molar-refractivity contribution in [1.29, 1.82) is 0 Å². The third-order valence-corrected chi connectivity index (χ3v) is 5.47. The summed E-state index contributed by atoms with van der Waals surface area (Å²) >= 11 is 0. The minimum atomic E-state index is -3.44.